The summed E-state index contributed by atoms with van der Waals surface area (Å²) in [7, 11) is 1.75. The molecule has 8 heteroatoms. The summed E-state index contributed by atoms with van der Waals surface area (Å²) >= 11 is 0. The molecule has 0 aliphatic carbocycles. The highest BCUT2D eigenvalue weighted by atomic mass is 16.5. The van der Waals surface area contributed by atoms with E-state index in [1.54, 1.807) is 7.05 Å². The van der Waals surface area contributed by atoms with Crippen molar-refractivity contribution in [2.24, 2.45) is 4.99 Å². The fourth-order valence-electron chi connectivity index (χ4n) is 2.94. The minimum absolute atomic E-state index is 0.263. The van der Waals surface area contributed by atoms with Crippen LogP contribution in [0.25, 0.3) is 5.65 Å². The lowest BCUT2D eigenvalue weighted by atomic mass is 10.00. The van der Waals surface area contributed by atoms with Crippen molar-refractivity contribution in [3.63, 3.8) is 0 Å². The van der Waals surface area contributed by atoms with Crippen molar-refractivity contribution in [1.29, 1.82) is 0 Å². The summed E-state index contributed by atoms with van der Waals surface area (Å²) in [5.41, 5.74) is 2.91. The van der Waals surface area contributed by atoms with Crippen LogP contribution in [0.15, 0.2) is 33.9 Å². The Bertz CT molecular complexity index is 861. The van der Waals surface area contributed by atoms with Gasteiger partial charge in [0.1, 0.15) is 5.76 Å². The highest BCUT2D eigenvalue weighted by Gasteiger charge is 2.16. The van der Waals surface area contributed by atoms with Gasteiger partial charge in [-0.25, -0.2) is 0 Å². The number of aromatic nitrogens is 4. The Labute approximate surface area is 146 Å². The van der Waals surface area contributed by atoms with Crippen LogP contribution in [0.5, 0.6) is 0 Å². The topological polar surface area (TPSA) is 92.6 Å². The third-order valence-corrected chi connectivity index (χ3v) is 4.18. The number of aliphatic imine (C=N–C) groups is 1. The molecule has 2 N–H and O–H groups in total. The number of pyridine rings is 1. The maximum atomic E-state index is 5.25. The van der Waals surface area contributed by atoms with Gasteiger partial charge in [-0.1, -0.05) is 18.1 Å². The zero-order valence-corrected chi connectivity index (χ0v) is 14.9. The van der Waals surface area contributed by atoms with E-state index < -0.39 is 0 Å². The number of hydrogen-bond donors (Lipinski definition) is 2. The second-order valence-corrected chi connectivity index (χ2v) is 5.99. The van der Waals surface area contributed by atoms with Crippen LogP contribution in [0.4, 0.5) is 0 Å². The molecular formula is C17H23N7O. The lowest BCUT2D eigenvalue weighted by Gasteiger charge is -2.15. The van der Waals surface area contributed by atoms with Crippen molar-refractivity contribution in [2.75, 3.05) is 13.6 Å². The number of aryl methyl sites for hydroxylation is 2. The van der Waals surface area contributed by atoms with Crippen molar-refractivity contribution in [1.82, 2.24) is 30.4 Å². The molecule has 0 saturated heterocycles. The van der Waals surface area contributed by atoms with Gasteiger partial charge in [0, 0.05) is 31.3 Å². The van der Waals surface area contributed by atoms with Crippen LogP contribution in [0.1, 0.15) is 35.7 Å². The van der Waals surface area contributed by atoms with Crippen molar-refractivity contribution >= 4 is 11.6 Å². The molecule has 0 bridgehead atoms. The van der Waals surface area contributed by atoms with Crippen LogP contribution < -0.4 is 10.6 Å². The maximum Gasteiger partial charge on any atom is 0.191 e. The molecule has 0 radical (unpaired) electrons. The number of nitrogens with one attached hydrogen (secondary N) is 2. The third kappa shape index (κ3) is 3.62. The van der Waals surface area contributed by atoms with Gasteiger partial charge in [0.15, 0.2) is 17.4 Å². The van der Waals surface area contributed by atoms with Gasteiger partial charge in [0.05, 0.1) is 12.2 Å². The molecule has 132 valence electrons. The summed E-state index contributed by atoms with van der Waals surface area (Å²) in [5.74, 6) is 2.67. The van der Waals surface area contributed by atoms with E-state index in [4.69, 9.17) is 4.52 Å². The molecule has 25 heavy (non-hydrogen) atoms. The van der Waals surface area contributed by atoms with E-state index in [1.165, 1.54) is 0 Å². The molecule has 3 rings (SSSR count). The average Bonchev–Trinajstić information content (AvgIpc) is 3.18. The molecule has 3 heterocycles. The van der Waals surface area contributed by atoms with E-state index >= 15 is 0 Å². The third-order valence-electron chi connectivity index (χ3n) is 4.18. The normalized spacial score (nSPS) is 13.2. The van der Waals surface area contributed by atoms with E-state index in [9.17, 15) is 0 Å². The number of nitrogens with zero attached hydrogens (tertiary/aromatic N) is 5. The van der Waals surface area contributed by atoms with Crippen molar-refractivity contribution in [2.45, 2.75) is 33.2 Å². The Kier molecular flexibility index (Phi) is 4.97. The van der Waals surface area contributed by atoms with Gasteiger partial charge in [0.2, 0.25) is 0 Å². The van der Waals surface area contributed by atoms with Crippen molar-refractivity contribution in [3.8, 4) is 0 Å². The van der Waals surface area contributed by atoms with E-state index in [1.807, 2.05) is 42.6 Å². The largest absolute Gasteiger partial charge is 0.361 e. The first-order valence-corrected chi connectivity index (χ1v) is 8.26. The molecule has 0 saturated carbocycles. The standard InChI is InChI=1S/C17H23N7O/c1-11(16-12(2)23-25-13(16)3)9-19-17(18-4)20-10-15-22-21-14-7-5-6-8-24(14)15/h5-8,11H,9-10H2,1-4H3,(H2,18,19,20). The smallest absolute Gasteiger partial charge is 0.191 e. The first-order chi connectivity index (χ1) is 12.1. The molecule has 0 aromatic carbocycles. The number of hydrogen-bond acceptors (Lipinski definition) is 5. The summed E-state index contributed by atoms with van der Waals surface area (Å²) in [6, 6.07) is 5.82. The van der Waals surface area contributed by atoms with Gasteiger partial charge in [0.25, 0.3) is 0 Å². The molecule has 0 fully saturated rings. The minimum atomic E-state index is 0.263. The van der Waals surface area contributed by atoms with Crippen LogP contribution in [0.2, 0.25) is 0 Å². The first-order valence-electron chi connectivity index (χ1n) is 8.26. The lowest BCUT2D eigenvalue weighted by Crippen LogP contribution is -2.39. The van der Waals surface area contributed by atoms with Crippen LogP contribution in [-0.4, -0.2) is 39.3 Å². The van der Waals surface area contributed by atoms with Crippen molar-refractivity contribution in [3.05, 3.63) is 47.2 Å². The SMILES string of the molecule is CN=C(NCc1nnc2ccccn12)NCC(C)c1c(C)noc1C. The van der Waals surface area contributed by atoms with E-state index in [0.29, 0.717) is 12.5 Å². The van der Waals surface area contributed by atoms with Crippen molar-refractivity contribution < 1.29 is 4.52 Å². The van der Waals surface area contributed by atoms with Gasteiger partial charge in [-0.3, -0.25) is 9.39 Å². The van der Waals surface area contributed by atoms with E-state index in [-0.39, 0.29) is 5.92 Å². The van der Waals surface area contributed by atoms with Crippen LogP contribution >= 0.6 is 0 Å². The molecule has 1 unspecified atom stereocenters. The predicted octanol–water partition coefficient (Wildman–Crippen LogP) is 1.80. The molecule has 0 spiro atoms. The minimum Gasteiger partial charge on any atom is -0.361 e. The molecule has 0 amide bonds. The monoisotopic (exact) mass is 341 g/mol. The average molecular weight is 341 g/mol. The van der Waals surface area contributed by atoms with E-state index in [2.05, 4.69) is 37.9 Å². The van der Waals surface area contributed by atoms with Gasteiger partial charge >= 0.3 is 0 Å². The highest BCUT2D eigenvalue weighted by Crippen LogP contribution is 2.22. The fourth-order valence-corrected chi connectivity index (χ4v) is 2.94. The summed E-state index contributed by atoms with van der Waals surface area (Å²) in [4.78, 5) is 4.26. The Balaban J connectivity index is 1.58. The fraction of sp³-hybridized carbons (Fsp3) is 0.412. The van der Waals surface area contributed by atoms with Gasteiger partial charge in [-0.2, -0.15) is 0 Å². The highest BCUT2D eigenvalue weighted by molar-refractivity contribution is 5.79. The Morgan fingerprint density at radius 1 is 1.28 bits per heavy atom. The number of rotatable bonds is 5. The van der Waals surface area contributed by atoms with Gasteiger partial charge < -0.3 is 15.2 Å². The Morgan fingerprint density at radius 3 is 2.84 bits per heavy atom. The van der Waals surface area contributed by atoms with Crippen LogP contribution in [0.3, 0.4) is 0 Å². The summed E-state index contributed by atoms with van der Waals surface area (Å²) < 4.78 is 7.20. The maximum absolute atomic E-state index is 5.25. The predicted molar refractivity (Wildman–Crippen MR) is 95.6 cm³/mol. The number of fused-ring (bicyclic) bond motifs is 1. The quantitative estimate of drug-likeness (QED) is 0.543. The molecule has 1 atom stereocenters. The molecule has 0 aliphatic heterocycles. The van der Waals surface area contributed by atoms with E-state index in [0.717, 1.165) is 35.0 Å². The summed E-state index contributed by atoms with van der Waals surface area (Å²) in [6.07, 6.45) is 1.95. The second-order valence-electron chi connectivity index (χ2n) is 5.99. The summed E-state index contributed by atoms with van der Waals surface area (Å²) in [6.45, 7) is 7.30. The zero-order chi connectivity index (χ0) is 17.8. The molecule has 3 aromatic heterocycles. The first kappa shape index (κ1) is 16.9. The lowest BCUT2D eigenvalue weighted by molar-refractivity contribution is 0.391. The molecule has 3 aromatic rings. The number of guanidine groups is 1. The Hall–Kier alpha value is -2.90. The van der Waals surface area contributed by atoms with Crippen LogP contribution in [-0.2, 0) is 6.54 Å². The molecule has 0 aliphatic rings. The second kappa shape index (κ2) is 7.33. The summed E-state index contributed by atoms with van der Waals surface area (Å²) in [5, 5.41) is 19.0. The molecule has 8 nitrogen and oxygen atoms in total. The van der Waals surface area contributed by atoms with Gasteiger partial charge in [-0.15, -0.1) is 10.2 Å². The zero-order valence-electron chi connectivity index (χ0n) is 14.9. The van der Waals surface area contributed by atoms with Crippen LogP contribution in [0, 0.1) is 13.8 Å². The van der Waals surface area contributed by atoms with Gasteiger partial charge in [-0.05, 0) is 26.0 Å². The molecular weight excluding hydrogens is 318 g/mol. The Morgan fingerprint density at radius 2 is 2.12 bits per heavy atom.